The van der Waals surface area contributed by atoms with Gasteiger partial charge in [-0.2, -0.15) is 0 Å². The molecule has 180 valence electrons. The number of carboxylic acid groups (broad SMARTS) is 1. The number of thiazole rings is 1. The highest BCUT2D eigenvalue weighted by atomic mass is 32.1. The minimum atomic E-state index is -0.995. The van der Waals surface area contributed by atoms with Crippen LogP contribution in [0.3, 0.4) is 0 Å². The largest absolute Gasteiger partial charge is 0.480 e. The molecule has 1 atom stereocenters. The SMILES string of the molecule is O=C(NCc1nc(C(=O)N2CCCC[C@@H]2C(=O)O)cs1)OCC1c2ccccc2-c2ccccc21. The third-order valence-electron chi connectivity index (χ3n) is 6.55. The first-order chi connectivity index (χ1) is 17.0. The Morgan fingerprint density at radius 1 is 1.06 bits per heavy atom. The Kier molecular flexibility index (Phi) is 6.50. The molecule has 1 aliphatic carbocycles. The van der Waals surface area contributed by atoms with Gasteiger partial charge < -0.3 is 20.1 Å². The quantitative estimate of drug-likeness (QED) is 0.533. The number of benzene rings is 2. The Hall–Kier alpha value is -3.72. The second kappa shape index (κ2) is 9.87. The lowest BCUT2D eigenvalue weighted by Crippen LogP contribution is -2.48. The van der Waals surface area contributed by atoms with Crippen molar-refractivity contribution in [2.24, 2.45) is 0 Å². The van der Waals surface area contributed by atoms with Crippen LogP contribution in [0.15, 0.2) is 53.9 Å². The Balaban J connectivity index is 1.17. The Bertz CT molecular complexity index is 1230. The molecule has 0 bridgehead atoms. The first-order valence-corrected chi connectivity index (χ1v) is 12.5. The van der Waals surface area contributed by atoms with Crippen LogP contribution in [0.5, 0.6) is 0 Å². The number of piperidine rings is 1. The molecule has 2 aliphatic rings. The van der Waals surface area contributed by atoms with Crippen molar-refractivity contribution in [1.82, 2.24) is 15.2 Å². The normalized spacial score (nSPS) is 16.9. The molecular formula is C26H25N3O5S. The minimum absolute atomic E-state index is 0.0241. The first kappa shape index (κ1) is 23.0. The molecule has 2 N–H and O–H groups in total. The fourth-order valence-electron chi connectivity index (χ4n) is 4.87. The Morgan fingerprint density at radius 2 is 1.74 bits per heavy atom. The van der Waals surface area contributed by atoms with Gasteiger partial charge in [0.2, 0.25) is 0 Å². The van der Waals surface area contributed by atoms with Gasteiger partial charge in [0.25, 0.3) is 5.91 Å². The maximum atomic E-state index is 12.8. The van der Waals surface area contributed by atoms with E-state index in [0.29, 0.717) is 18.0 Å². The van der Waals surface area contributed by atoms with Crippen molar-refractivity contribution < 1.29 is 24.2 Å². The Morgan fingerprint density at radius 3 is 2.43 bits per heavy atom. The predicted molar refractivity (Wildman–Crippen MR) is 130 cm³/mol. The summed E-state index contributed by atoms with van der Waals surface area (Å²) in [5, 5.41) is 14.3. The maximum Gasteiger partial charge on any atom is 0.407 e. The molecule has 5 rings (SSSR count). The van der Waals surface area contributed by atoms with E-state index in [0.717, 1.165) is 35.1 Å². The highest BCUT2D eigenvalue weighted by Crippen LogP contribution is 2.44. The number of alkyl carbamates (subject to hydrolysis) is 1. The second-order valence-electron chi connectivity index (χ2n) is 8.65. The van der Waals surface area contributed by atoms with Crippen LogP contribution in [0, 0.1) is 0 Å². The number of nitrogens with zero attached hydrogens (tertiary/aromatic N) is 2. The number of amides is 2. The van der Waals surface area contributed by atoms with Crippen LogP contribution in [-0.2, 0) is 16.1 Å². The van der Waals surface area contributed by atoms with Gasteiger partial charge in [0.15, 0.2) is 0 Å². The summed E-state index contributed by atoms with van der Waals surface area (Å²) in [6.45, 7) is 0.741. The van der Waals surface area contributed by atoms with E-state index >= 15 is 0 Å². The molecule has 1 saturated heterocycles. The van der Waals surface area contributed by atoms with Crippen LogP contribution in [0.1, 0.15) is 51.8 Å². The molecule has 1 fully saturated rings. The molecular weight excluding hydrogens is 466 g/mol. The smallest absolute Gasteiger partial charge is 0.407 e. The van der Waals surface area contributed by atoms with Crippen LogP contribution < -0.4 is 5.32 Å². The number of ether oxygens (including phenoxy) is 1. The summed E-state index contributed by atoms with van der Waals surface area (Å²) in [6, 6.07) is 15.5. The van der Waals surface area contributed by atoms with Crippen molar-refractivity contribution in [1.29, 1.82) is 0 Å². The van der Waals surface area contributed by atoms with E-state index in [-0.39, 0.29) is 30.7 Å². The minimum Gasteiger partial charge on any atom is -0.480 e. The highest BCUT2D eigenvalue weighted by molar-refractivity contribution is 7.09. The number of aromatic nitrogens is 1. The van der Waals surface area contributed by atoms with Gasteiger partial charge >= 0.3 is 12.1 Å². The van der Waals surface area contributed by atoms with Gasteiger partial charge in [-0.25, -0.2) is 14.6 Å². The maximum absolute atomic E-state index is 12.8. The average molecular weight is 492 g/mol. The van der Waals surface area contributed by atoms with Gasteiger partial charge in [-0.15, -0.1) is 11.3 Å². The molecule has 2 aromatic carbocycles. The number of likely N-dealkylation sites (tertiary alicyclic amines) is 1. The summed E-state index contributed by atoms with van der Waals surface area (Å²) in [5.74, 6) is -1.41. The zero-order valence-corrected chi connectivity index (χ0v) is 19.8. The van der Waals surface area contributed by atoms with Gasteiger partial charge in [-0.3, -0.25) is 4.79 Å². The lowest BCUT2D eigenvalue weighted by Gasteiger charge is -2.32. The van der Waals surface area contributed by atoms with Crippen molar-refractivity contribution in [3.05, 3.63) is 75.7 Å². The van der Waals surface area contributed by atoms with E-state index in [1.165, 1.54) is 16.2 Å². The lowest BCUT2D eigenvalue weighted by atomic mass is 9.98. The molecule has 0 radical (unpaired) electrons. The number of carboxylic acids is 1. The monoisotopic (exact) mass is 491 g/mol. The number of fused-ring (bicyclic) bond motifs is 3. The summed E-state index contributed by atoms with van der Waals surface area (Å²) in [5.41, 5.74) is 4.81. The van der Waals surface area contributed by atoms with Crippen molar-refractivity contribution >= 4 is 29.3 Å². The molecule has 35 heavy (non-hydrogen) atoms. The van der Waals surface area contributed by atoms with Crippen LogP contribution >= 0.6 is 11.3 Å². The van der Waals surface area contributed by atoms with E-state index < -0.39 is 18.1 Å². The molecule has 9 heteroatoms. The summed E-state index contributed by atoms with van der Waals surface area (Å²) >= 11 is 1.24. The third-order valence-corrected chi connectivity index (χ3v) is 7.40. The molecule has 2 heterocycles. The topological polar surface area (TPSA) is 109 Å². The van der Waals surface area contributed by atoms with Crippen molar-refractivity contribution in [3.63, 3.8) is 0 Å². The van der Waals surface area contributed by atoms with Gasteiger partial charge in [-0.05, 0) is 41.5 Å². The number of aliphatic carboxylic acids is 1. The van der Waals surface area contributed by atoms with E-state index in [1.54, 1.807) is 5.38 Å². The third kappa shape index (κ3) is 4.64. The highest BCUT2D eigenvalue weighted by Gasteiger charge is 2.33. The summed E-state index contributed by atoms with van der Waals surface area (Å²) < 4.78 is 5.54. The number of nitrogens with one attached hydrogen (secondary N) is 1. The molecule has 1 aliphatic heterocycles. The van der Waals surface area contributed by atoms with E-state index in [4.69, 9.17) is 4.74 Å². The Labute approximate surface area is 206 Å². The number of rotatable bonds is 6. The molecule has 0 spiro atoms. The standard InChI is InChI=1S/C26H25N3O5S/c30-24(29-12-6-5-11-22(29)25(31)32)21-15-35-23(28-21)13-27-26(33)34-14-20-18-9-3-1-7-16(18)17-8-2-4-10-19(17)20/h1-4,7-10,15,20,22H,5-6,11-14H2,(H,27,33)(H,31,32)/t22-/m1/s1. The molecule has 8 nitrogen and oxygen atoms in total. The summed E-state index contributed by atoms with van der Waals surface area (Å²) in [4.78, 5) is 42.4. The van der Waals surface area contributed by atoms with Crippen LogP contribution in [0.2, 0.25) is 0 Å². The lowest BCUT2D eigenvalue weighted by molar-refractivity contribution is -0.143. The number of carbonyl (C=O) groups excluding carboxylic acids is 2. The zero-order valence-electron chi connectivity index (χ0n) is 19.0. The van der Waals surface area contributed by atoms with E-state index in [1.807, 2.05) is 24.3 Å². The summed E-state index contributed by atoms with van der Waals surface area (Å²) in [6.07, 6.45) is 1.45. The van der Waals surface area contributed by atoms with E-state index in [9.17, 15) is 19.5 Å². The van der Waals surface area contributed by atoms with Gasteiger partial charge in [0.05, 0.1) is 6.54 Å². The fraction of sp³-hybridized carbons (Fsp3) is 0.308. The number of hydrogen-bond acceptors (Lipinski definition) is 6. The average Bonchev–Trinajstić information content (AvgIpc) is 3.49. The van der Waals surface area contributed by atoms with Crippen LogP contribution in [0.4, 0.5) is 4.79 Å². The van der Waals surface area contributed by atoms with Crippen LogP contribution in [0.25, 0.3) is 11.1 Å². The van der Waals surface area contributed by atoms with Gasteiger partial charge in [-0.1, -0.05) is 48.5 Å². The van der Waals surface area contributed by atoms with Crippen molar-refractivity contribution in [2.75, 3.05) is 13.2 Å². The molecule has 0 saturated carbocycles. The molecule has 1 aromatic heterocycles. The summed E-state index contributed by atoms with van der Waals surface area (Å²) in [7, 11) is 0. The number of hydrogen-bond donors (Lipinski definition) is 2. The van der Waals surface area contributed by atoms with Gasteiger partial charge in [0.1, 0.15) is 23.4 Å². The van der Waals surface area contributed by atoms with Crippen molar-refractivity contribution in [2.45, 2.75) is 37.8 Å². The van der Waals surface area contributed by atoms with Gasteiger partial charge in [0, 0.05) is 17.8 Å². The van der Waals surface area contributed by atoms with Crippen molar-refractivity contribution in [3.8, 4) is 11.1 Å². The molecule has 0 unspecified atom stereocenters. The predicted octanol–water partition coefficient (Wildman–Crippen LogP) is 4.26. The molecule has 2 amide bonds. The first-order valence-electron chi connectivity index (χ1n) is 11.6. The van der Waals surface area contributed by atoms with E-state index in [2.05, 4.69) is 34.6 Å². The second-order valence-corrected chi connectivity index (χ2v) is 9.60. The molecule has 3 aromatic rings. The zero-order chi connectivity index (χ0) is 24.4. The van der Waals surface area contributed by atoms with Crippen LogP contribution in [-0.4, -0.2) is 52.2 Å². The fourth-order valence-corrected chi connectivity index (χ4v) is 5.57. The number of carbonyl (C=O) groups is 3.